The molecule has 306 valence electrons. The van der Waals surface area contributed by atoms with Gasteiger partial charge in [0.25, 0.3) is 0 Å². The fourth-order valence-electron chi connectivity index (χ4n) is 10.2. The molecule has 64 heavy (non-hydrogen) atoms. The van der Waals surface area contributed by atoms with Crippen LogP contribution in [0.25, 0.3) is 33.6 Å². The van der Waals surface area contributed by atoms with Crippen LogP contribution < -0.4 is 0 Å². The quantitative estimate of drug-likeness (QED) is 0.118. The zero-order valence-corrected chi connectivity index (χ0v) is 36.3. The average molecular weight is 820 g/mol. The molecular formula is C63H49N. The van der Waals surface area contributed by atoms with E-state index in [0.29, 0.717) is 0 Å². The molecule has 1 heteroatoms. The lowest BCUT2D eigenvalue weighted by molar-refractivity contribution is 0.745. The van der Waals surface area contributed by atoms with Gasteiger partial charge in [-0.25, -0.2) is 4.98 Å². The van der Waals surface area contributed by atoms with E-state index in [2.05, 4.69) is 275 Å². The van der Waals surface area contributed by atoms with Gasteiger partial charge in [-0.3, -0.25) is 0 Å². The lowest BCUT2D eigenvalue weighted by atomic mass is 9.65. The molecule has 0 spiro atoms. The minimum Gasteiger partial charge on any atom is -0.248 e. The summed E-state index contributed by atoms with van der Waals surface area (Å²) in [6, 6.07) is 94.9. The van der Waals surface area contributed by atoms with Crippen LogP contribution in [-0.2, 0) is 10.8 Å². The summed E-state index contributed by atoms with van der Waals surface area (Å²) < 4.78 is 0. The predicted octanol–water partition coefficient (Wildman–Crippen LogP) is 15.5. The molecule has 0 unspecified atom stereocenters. The number of rotatable bonds is 11. The first-order chi connectivity index (χ1) is 31.6. The van der Waals surface area contributed by atoms with Crippen molar-refractivity contribution in [2.45, 2.75) is 24.7 Å². The first-order valence-electron chi connectivity index (χ1n) is 22.2. The van der Waals surface area contributed by atoms with Crippen LogP contribution in [0, 0.1) is 13.8 Å². The molecule has 0 aliphatic heterocycles. The Bertz CT molecular complexity index is 2740. The minimum absolute atomic E-state index is 0.586. The van der Waals surface area contributed by atoms with Gasteiger partial charge in [0.2, 0.25) is 0 Å². The van der Waals surface area contributed by atoms with Crippen molar-refractivity contribution in [3.05, 3.63) is 316 Å². The number of aryl methyl sites for hydroxylation is 2. The Morgan fingerprint density at radius 1 is 0.250 bits per heavy atom. The van der Waals surface area contributed by atoms with Crippen LogP contribution in [0.15, 0.2) is 261 Å². The van der Waals surface area contributed by atoms with Gasteiger partial charge in [0.1, 0.15) is 0 Å². The fraction of sp³-hybridized carbons (Fsp3) is 0.0635. The summed E-state index contributed by atoms with van der Waals surface area (Å²) in [5.74, 6) is 0. The van der Waals surface area contributed by atoms with Gasteiger partial charge in [0.15, 0.2) is 0 Å². The Balaban J connectivity index is 1.22. The SMILES string of the molecule is Cc1cccc(C)c1-c1cc(-c2cccc(C(c3ccccc3)(c3ccccc3)c3ccccc3)c2)nc(-c2cccc(C(c3ccccc3)(c3ccccc3)c3ccccc3)c2)c1. The number of aromatic nitrogens is 1. The van der Waals surface area contributed by atoms with E-state index in [-0.39, 0.29) is 0 Å². The number of hydrogen-bond acceptors (Lipinski definition) is 1. The topological polar surface area (TPSA) is 12.9 Å². The predicted molar refractivity (Wildman–Crippen MR) is 267 cm³/mol. The Morgan fingerprint density at radius 3 is 0.812 bits per heavy atom. The zero-order valence-electron chi connectivity index (χ0n) is 36.3. The van der Waals surface area contributed by atoms with E-state index in [1.807, 2.05) is 0 Å². The van der Waals surface area contributed by atoms with Gasteiger partial charge in [0, 0.05) is 11.1 Å². The second-order valence-electron chi connectivity index (χ2n) is 16.8. The Labute approximate surface area is 378 Å². The van der Waals surface area contributed by atoms with Crippen molar-refractivity contribution < 1.29 is 0 Å². The highest BCUT2D eigenvalue weighted by Crippen LogP contribution is 2.48. The molecule has 1 heterocycles. The molecule has 0 amide bonds. The van der Waals surface area contributed by atoms with Crippen molar-refractivity contribution in [3.8, 4) is 33.6 Å². The maximum absolute atomic E-state index is 5.64. The van der Waals surface area contributed by atoms with Crippen LogP contribution in [0.1, 0.15) is 55.6 Å². The average Bonchev–Trinajstić information content (AvgIpc) is 3.37. The molecule has 0 saturated heterocycles. The smallest absolute Gasteiger partial charge is 0.0715 e. The molecule has 10 rings (SSSR count). The van der Waals surface area contributed by atoms with Gasteiger partial charge >= 0.3 is 0 Å². The number of nitrogens with zero attached hydrogens (tertiary/aromatic N) is 1. The fourth-order valence-corrected chi connectivity index (χ4v) is 10.2. The summed E-state index contributed by atoms with van der Waals surface area (Å²) in [4.78, 5) is 5.64. The second kappa shape index (κ2) is 17.5. The number of benzene rings is 9. The van der Waals surface area contributed by atoms with E-state index < -0.39 is 10.8 Å². The summed E-state index contributed by atoms with van der Waals surface area (Å²) in [7, 11) is 0. The third-order valence-corrected chi connectivity index (χ3v) is 13.0. The molecule has 0 fully saturated rings. The maximum Gasteiger partial charge on any atom is 0.0715 e. The molecule has 0 N–H and O–H groups in total. The van der Waals surface area contributed by atoms with Crippen molar-refractivity contribution in [1.82, 2.24) is 4.98 Å². The standard InChI is InChI=1S/C63H49N/c1-46-24-21-25-47(2)61(46)50-44-59(48-26-22-40-57(42-48)62(51-28-9-3-10-29-51,52-30-11-4-12-31-52)53-32-13-5-14-33-53)64-60(45-50)49-27-23-41-58(43-49)63(54-34-15-6-16-35-54,55-36-17-7-18-37-55)56-38-19-8-20-39-56/h3-45H,1-2H3. The van der Waals surface area contributed by atoms with Gasteiger partial charge in [-0.2, -0.15) is 0 Å². The number of hydrogen-bond donors (Lipinski definition) is 0. The highest BCUT2D eigenvalue weighted by atomic mass is 14.7. The lowest BCUT2D eigenvalue weighted by Gasteiger charge is -2.37. The molecule has 1 aromatic heterocycles. The molecule has 0 bridgehead atoms. The van der Waals surface area contributed by atoms with Crippen LogP contribution in [0.2, 0.25) is 0 Å². The van der Waals surface area contributed by atoms with Crippen molar-refractivity contribution in [3.63, 3.8) is 0 Å². The van der Waals surface area contributed by atoms with E-state index in [1.54, 1.807) is 0 Å². The van der Waals surface area contributed by atoms with Crippen LogP contribution >= 0.6 is 0 Å². The Morgan fingerprint density at radius 2 is 0.516 bits per heavy atom. The summed E-state index contributed by atoms with van der Waals surface area (Å²) in [5.41, 5.74) is 17.2. The zero-order chi connectivity index (χ0) is 43.4. The first kappa shape index (κ1) is 40.2. The molecule has 9 aromatic carbocycles. The van der Waals surface area contributed by atoms with E-state index in [9.17, 15) is 0 Å². The molecule has 0 atom stereocenters. The van der Waals surface area contributed by atoms with Gasteiger partial charge in [-0.1, -0.05) is 237 Å². The van der Waals surface area contributed by atoms with Gasteiger partial charge < -0.3 is 0 Å². The molecule has 0 radical (unpaired) electrons. The Kier molecular flexibility index (Phi) is 11.0. The van der Waals surface area contributed by atoms with Gasteiger partial charge in [-0.05, 0) is 105 Å². The first-order valence-corrected chi connectivity index (χ1v) is 22.2. The third-order valence-electron chi connectivity index (χ3n) is 13.0. The maximum atomic E-state index is 5.64. The molecular weight excluding hydrogens is 771 g/mol. The monoisotopic (exact) mass is 819 g/mol. The highest BCUT2D eigenvalue weighted by molar-refractivity contribution is 5.81. The van der Waals surface area contributed by atoms with Crippen molar-refractivity contribution in [1.29, 1.82) is 0 Å². The summed E-state index contributed by atoms with van der Waals surface area (Å²) >= 11 is 0. The van der Waals surface area contributed by atoms with Gasteiger partial charge in [0.05, 0.1) is 22.2 Å². The normalized spacial score (nSPS) is 11.6. The van der Waals surface area contributed by atoms with E-state index in [1.165, 1.54) is 61.2 Å². The van der Waals surface area contributed by atoms with Gasteiger partial charge in [-0.15, -0.1) is 0 Å². The Hall–Kier alpha value is -7.87. The van der Waals surface area contributed by atoms with Crippen LogP contribution in [0.3, 0.4) is 0 Å². The molecule has 0 aliphatic rings. The van der Waals surface area contributed by atoms with Crippen LogP contribution in [0.4, 0.5) is 0 Å². The second-order valence-corrected chi connectivity index (χ2v) is 16.8. The summed E-state index contributed by atoms with van der Waals surface area (Å²) in [6.45, 7) is 4.43. The minimum atomic E-state index is -0.586. The summed E-state index contributed by atoms with van der Waals surface area (Å²) in [5, 5.41) is 0. The molecule has 0 saturated carbocycles. The van der Waals surface area contributed by atoms with Crippen molar-refractivity contribution in [2.24, 2.45) is 0 Å². The van der Waals surface area contributed by atoms with Crippen molar-refractivity contribution in [2.75, 3.05) is 0 Å². The molecule has 1 nitrogen and oxygen atoms in total. The highest BCUT2D eigenvalue weighted by Gasteiger charge is 2.40. The largest absolute Gasteiger partial charge is 0.248 e. The van der Waals surface area contributed by atoms with Crippen molar-refractivity contribution >= 4 is 0 Å². The van der Waals surface area contributed by atoms with Crippen LogP contribution in [0.5, 0.6) is 0 Å². The molecule has 10 aromatic rings. The molecule has 0 aliphatic carbocycles. The van der Waals surface area contributed by atoms with Crippen LogP contribution in [-0.4, -0.2) is 4.98 Å². The van der Waals surface area contributed by atoms with E-state index in [4.69, 9.17) is 4.98 Å². The third kappa shape index (κ3) is 7.16. The number of pyridine rings is 1. The van der Waals surface area contributed by atoms with E-state index >= 15 is 0 Å². The lowest BCUT2D eigenvalue weighted by Crippen LogP contribution is -2.31. The summed E-state index contributed by atoms with van der Waals surface area (Å²) in [6.07, 6.45) is 0. The van der Waals surface area contributed by atoms with E-state index in [0.717, 1.165) is 28.1 Å².